The number of hydrogen-bond donors (Lipinski definition) is 1. The van der Waals surface area contributed by atoms with E-state index in [0.717, 1.165) is 12.8 Å². The van der Waals surface area contributed by atoms with E-state index in [2.05, 4.69) is 22.9 Å². The summed E-state index contributed by atoms with van der Waals surface area (Å²) in [7, 11) is 0. The highest BCUT2D eigenvalue weighted by Gasteiger charge is 2.25. The molecule has 34 heavy (non-hydrogen) atoms. The van der Waals surface area contributed by atoms with E-state index >= 15 is 0 Å². The highest BCUT2D eigenvalue weighted by atomic mass is 79.9. The highest BCUT2D eigenvalue weighted by molar-refractivity contribution is 9.10. The van der Waals surface area contributed by atoms with E-state index in [4.69, 9.17) is 24.9 Å². The molecule has 0 aliphatic carbocycles. The van der Waals surface area contributed by atoms with Crippen LogP contribution >= 0.6 is 15.9 Å². The monoisotopic (exact) mass is 520 g/mol. The topological polar surface area (TPSA) is 116 Å². The molecule has 0 radical (unpaired) electrons. The van der Waals surface area contributed by atoms with Crippen molar-refractivity contribution in [1.82, 2.24) is 0 Å². The third kappa shape index (κ3) is 4.35. The lowest BCUT2D eigenvalue weighted by Gasteiger charge is -2.14. The lowest BCUT2D eigenvalue weighted by atomic mass is 10.0. The van der Waals surface area contributed by atoms with Crippen molar-refractivity contribution in [2.75, 3.05) is 6.61 Å². The van der Waals surface area contributed by atoms with Gasteiger partial charge in [0.05, 0.1) is 10.0 Å². The summed E-state index contributed by atoms with van der Waals surface area (Å²) in [6.45, 7) is 1.94. The van der Waals surface area contributed by atoms with Gasteiger partial charge in [0.1, 0.15) is 34.5 Å². The van der Waals surface area contributed by atoms with Crippen molar-refractivity contribution in [3.8, 4) is 17.6 Å². The predicted molar refractivity (Wildman–Crippen MR) is 131 cm³/mol. The standard InChI is InChI=1S/C26H21BrN2O5/c1-2-3-7-19-23(17-6-4-5-8-18(17)33-19)26(31)34-20-11-10-16-15(22(20)25(29)30)9-12-21(24(16)27)32-14-13-28/h4-6,8-12H,2-3,7,14H2,1H3,(H2,29,30). The van der Waals surface area contributed by atoms with Gasteiger partial charge in [-0.15, -0.1) is 0 Å². The van der Waals surface area contributed by atoms with Gasteiger partial charge in [0.15, 0.2) is 6.61 Å². The second-order valence-corrected chi connectivity index (χ2v) is 8.41. The molecule has 1 aromatic heterocycles. The van der Waals surface area contributed by atoms with Gasteiger partial charge in [-0.3, -0.25) is 4.79 Å². The lowest BCUT2D eigenvalue weighted by molar-refractivity contribution is 0.0732. The second kappa shape index (κ2) is 9.98. The molecule has 7 nitrogen and oxygen atoms in total. The Balaban J connectivity index is 1.78. The number of carbonyl (C=O) groups is 2. The molecule has 3 aromatic carbocycles. The third-order valence-corrected chi connectivity index (χ3v) is 6.25. The molecule has 2 N–H and O–H groups in total. The fourth-order valence-electron chi connectivity index (χ4n) is 3.87. The number of para-hydroxylation sites is 1. The van der Waals surface area contributed by atoms with Crippen molar-refractivity contribution < 1.29 is 23.5 Å². The number of amides is 1. The van der Waals surface area contributed by atoms with E-state index in [1.807, 2.05) is 18.2 Å². The van der Waals surface area contributed by atoms with Gasteiger partial charge in [-0.05, 0) is 58.1 Å². The molecule has 1 heterocycles. The summed E-state index contributed by atoms with van der Waals surface area (Å²) in [6, 6.07) is 15.7. The average molecular weight is 521 g/mol. The van der Waals surface area contributed by atoms with Crippen molar-refractivity contribution >= 4 is 49.5 Å². The lowest BCUT2D eigenvalue weighted by Crippen LogP contribution is -2.17. The van der Waals surface area contributed by atoms with Crippen molar-refractivity contribution in [3.63, 3.8) is 0 Å². The molecule has 0 saturated carbocycles. The number of ether oxygens (including phenoxy) is 2. The number of rotatable bonds is 8. The maximum atomic E-state index is 13.3. The number of halogens is 1. The Kier molecular flexibility index (Phi) is 6.85. The van der Waals surface area contributed by atoms with Crippen LogP contribution in [0, 0.1) is 11.3 Å². The van der Waals surface area contributed by atoms with E-state index in [9.17, 15) is 9.59 Å². The van der Waals surface area contributed by atoms with E-state index in [0.29, 0.717) is 49.7 Å². The summed E-state index contributed by atoms with van der Waals surface area (Å²) in [5.41, 5.74) is 6.71. The third-order valence-electron chi connectivity index (χ3n) is 5.43. The van der Waals surface area contributed by atoms with Crippen LogP contribution in [0.2, 0.25) is 0 Å². The number of primary amides is 1. The Labute approximate surface area is 204 Å². The van der Waals surface area contributed by atoms with Crippen molar-refractivity contribution in [2.24, 2.45) is 5.73 Å². The molecule has 0 aliphatic rings. The largest absolute Gasteiger partial charge is 0.478 e. The zero-order valence-electron chi connectivity index (χ0n) is 18.4. The van der Waals surface area contributed by atoms with Gasteiger partial charge in [0.25, 0.3) is 5.91 Å². The van der Waals surface area contributed by atoms with Crippen LogP contribution in [0.1, 0.15) is 46.2 Å². The van der Waals surface area contributed by atoms with Gasteiger partial charge in [-0.25, -0.2) is 4.79 Å². The average Bonchev–Trinajstić information content (AvgIpc) is 3.20. The quantitative estimate of drug-likeness (QED) is 0.228. The molecule has 4 aromatic rings. The maximum absolute atomic E-state index is 13.3. The Bertz CT molecular complexity index is 1450. The number of esters is 1. The Morgan fingerprint density at radius 3 is 2.50 bits per heavy atom. The Morgan fingerprint density at radius 2 is 1.76 bits per heavy atom. The molecule has 0 fully saturated rings. The number of aryl methyl sites for hydroxylation is 1. The minimum absolute atomic E-state index is 0.0503. The summed E-state index contributed by atoms with van der Waals surface area (Å²) in [6.07, 6.45) is 2.39. The maximum Gasteiger partial charge on any atom is 0.347 e. The summed E-state index contributed by atoms with van der Waals surface area (Å²) in [5.74, 6) is -0.314. The molecule has 0 aliphatic heterocycles. The molecular weight excluding hydrogens is 500 g/mol. The number of hydrogen-bond acceptors (Lipinski definition) is 6. The van der Waals surface area contributed by atoms with Crippen LogP contribution in [0.5, 0.6) is 11.5 Å². The van der Waals surface area contributed by atoms with Crippen LogP contribution in [0.15, 0.2) is 57.4 Å². The minimum atomic E-state index is -0.741. The van der Waals surface area contributed by atoms with Crippen LogP contribution in [0.25, 0.3) is 21.7 Å². The molecule has 8 heteroatoms. The molecule has 4 rings (SSSR count). The van der Waals surface area contributed by atoms with E-state index in [-0.39, 0.29) is 17.9 Å². The Hall–Kier alpha value is -3.83. The van der Waals surface area contributed by atoms with E-state index in [1.165, 1.54) is 6.07 Å². The number of nitrogens with zero attached hydrogens (tertiary/aromatic N) is 1. The number of unbranched alkanes of at least 4 members (excludes halogenated alkanes) is 1. The molecule has 172 valence electrons. The molecule has 0 atom stereocenters. The van der Waals surface area contributed by atoms with Gasteiger partial charge in [0, 0.05) is 17.2 Å². The number of carbonyl (C=O) groups excluding carboxylic acids is 2. The van der Waals surface area contributed by atoms with Gasteiger partial charge in [-0.1, -0.05) is 31.5 Å². The van der Waals surface area contributed by atoms with E-state index < -0.39 is 11.9 Å². The summed E-state index contributed by atoms with van der Waals surface area (Å²) >= 11 is 3.46. The number of furan rings is 1. The van der Waals surface area contributed by atoms with Crippen LogP contribution in [-0.4, -0.2) is 18.5 Å². The minimum Gasteiger partial charge on any atom is -0.478 e. The first-order chi connectivity index (χ1) is 16.5. The molecular formula is C26H21BrN2O5. The number of nitrogens with two attached hydrogens (primary N) is 1. The fourth-order valence-corrected chi connectivity index (χ4v) is 4.47. The first-order valence-corrected chi connectivity index (χ1v) is 11.5. The van der Waals surface area contributed by atoms with Gasteiger partial charge < -0.3 is 19.6 Å². The number of nitriles is 1. The van der Waals surface area contributed by atoms with Crippen LogP contribution < -0.4 is 15.2 Å². The summed E-state index contributed by atoms with van der Waals surface area (Å²) in [5, 5.41) is 10.5. The van der Waals surface area contributed by atoms with Gasteiger partial charge >= 0.3 is 5.97 Å². The van der Waals surface area contributed by atoms with Crippen LogP contribution in [0.4, 0.5) is 0 Å². The normalized spacial score (nSPS) is 10.9. The van der Waals surface area contributed by atoms with Crippen molar-refractivity contribution in [1.29, 1.82) is 5.26 Å². The van der Waals surface area contributed by atoms with Gasteiger partial charge in [-0.2, -0.15) is 5.26 Å². The number of fused-ring (bicyclic) bond motifs is 2. The summed E-state index contributed by atoms with van der Waals surface area (Å²) in [4.78, 5) is 25.7. The zero-order valence-corrected chi connectivity index (χ0v) is 20.0. The molecule has 0 spiro atoms. The molecule has 0 unspecified atom stereocenters. The van der Waals surface area contributed by atoms with Crippen molar-refractivity contribution in [3.05, 3.63) is 69.9 Å². The molecule has 0 saturated heterocycles. The zero-order chi connectivity index (χ0) is 24.2. The molecule has 1 amide bonds. The summed E-state index contributed by atoms with van der Waals surface area (Å²) < 4.78 is 17.6. The van der Waals surface area contributed by atoms with Crippen LogP contribution in [-0.2, 0) is 6.42 Å². The predicted octanol–water partition coefficient (Wildman–Crippen LogP) is 5.91. The first kappa shape index (κ1) is 23.3. The number of benzene rings is 3. The first-order valence-electron chi connectivity index (χ1n) is 10.7. The highest BCUT2D eigenvalue weighted by Crippen LogP contribution is 2.38. The Morgan fingerprint density at radius 1 is 1.03 bits per heavy atom. The smallest absolute Gasteiger partial charge is 0.347 e. The van der Waals surface area contributed by atoms with E-state index in [1.54, 1.807) is 30.3 Å². The van der Waals surface area contributed by atoms with Gasteiger partial charge in [0.2, 0.25) is 0 Å². The fraction of sp³-hybridized carbons (Fsp3) is 0.192. The SMILES string of the molecule is CCCCc1oc2ccccc2c1C(=O)Oc1ccc2c(Br)c(OCC#N)ccc2c1C(N)=O. The molecule has 0 bridgehead atoms. The van der Waals surface area contributed by atoms with Crippen LogP contribution in [0.3, 0.4) is 0 Å². The van der Waals surface area contributed by atoms with Crippen molar-refractivity contribution in [2.45, 2.75) is 26.2 Å². The second-order valence-electron chi connectivity index (χ2n) is 7.61.